The molecule has 1 heterocycles. The van der Waals surface area contributed by atoms with Gasteiger partial charge in [0, 0.05) is 25.4 Å². The van der Waals surface area contributed by atoms with Gasteiger partial charge in [0.25, 0.3) is 5.56 Å². The van der Waals surface area contributed by atoms with Crippen molar-refractivity contribution in [2.45, 2.75) is 58.8 Å². The zero-order valence-corrected chi connectivity index (χ0v) is 14.6. The highest BCUT2D eigenvalue weighted by Gasteiger charge is 2.13. The van der Waals surface area contributed by atoms with Crippen molar-refractivity contribution in [1.29, 1.82) is 0 Å². The Morgan fingerprint density at radius 1 is 1.32 bits per heavy atom. The third-order valence-corrected chi connectivity index (χ3v) is 4.34. The first-order valence-electron chi connectivity index (χ1n) is 8.41. The number of anilines is 1. The minimum absolute atomic E-state index is 0.0608. The molecule has 0 bridgehead atoms. The lowest BCUT2D eigenvalue weighted by Gasteiger charge is -2.15. The fourth-order valence-electron chi connectivity index (χ4n) is 2.81. The van der Waals surface area contributed by atoms with Gasteiger partial charge in [-0.25, -0.2) is 4.98 Å². The molecule has 1 aromatic rings. The van der Waals surface area contributed by atoms with Gasteiger partial charge in [-0.15, -0.1) is 6.58 Å². The molecule has 1 aromatic heterocycles. The van der Waals surface area contributed by atoms with Crippen LogP contribution in [0.1, 0.15) is 56.7 Å². The maximum Gasteiger partial charge on any atom is 0.258 e. The summed E-state index contributed by atoms with van der Waals surface area (Å²) in [5, 5.41) is 2.96. The molecular weight excluding hydrogens is 274 g/mol. The van der Waals surface area contributed by atoms with Crippen molar-refractivity contribution in [2.75, 3.05) is 12.4 Å². The van der Waals surface area contributed by atoms with E-state index in [1.807, 2.05) is 13.0 Å². The second-order valence-corrected chi connectivity index (χ2v) is 6.00. The Balaban J connectivity index is 2.68. The van der Waals surface area contributed by atoms with E-state index in [0.717, 1.165) is 24.1 Å². The van der Waals surface area contributed by atoms with E-state index < -0.39 is 0 Å². The number of aromatic nitrogens is 2. The second kappa shape index (κ2) is 9.44. The predicted octanol–water partition coefficient (Wildman–Crippen LogP) is 3.84. The molecule has 0 saturated heterocycles. The summed E-state index contributed by atoms with van der Waals surface area (Å²) in [7, 11) is 3.55. The SMILES string of the molecule is C=CC(CCCCCC)CCc1c(C)nc(NC)n(C)c1=O. The van der Waals surface area contributed by atoms with Crippen molar-refractivity contribution < 1.29 is 0 Å². The molecule has 0 saturated carbocycles. The Hall–Kier alpha value is -1.58. The molecule has 1 unspecified atom stereocenters. The normalized spacial score (nSPS) is 12.2. The summed E-state index contributed by atoms with van der Waals surface area (Å²) in [6, 6.07) is 0. The summed E-state index contributed by atoms with van der Waals surface area (Å²) in [5.74, 6) is 1.11. The van der Waals surface area contributed by atoms with Gasteiger partial charge in [0.1, 0.15) is 0 Å². The largest absolute Gasteiger partial charge is 0.359 e. The molecule has 0 aliphatic rings. The Morgan fingerprint density at radius 2 is 2.05 bits per heavy atom. The van der Waals surface area contributed by atoms with E-state index in [4.69, 9.17) is 0 Å². The maximum absolute atomic E-state index is 12.4. The van der Waals surface area contributed by atoms with Crippen molar-refractivity contribution in [3.05, 3.63) is 34.3 Å². The highest BCUT2D eigenvalue weighted by molar-refractivity contribution is 5.30. The van der Waals surface area contributed by atoms with Crippen molar-refractivity contribution in [2.24, 2.45) is 13.0 Å². The van der Waals surface area contributed by atoms with E-state index >= 15 is 0 Å². The summed E-state index contributed by atoms with van der Waals surface area (Å²) in [6.45, 7) is 8.10. The zero-order valence-electron chi connectivity index (χ0n) is 14.6. The molecule has 0 aliphatic heterocycles. The van der Waals surface area contributed by atoms with Gasteiger partial charge in [-0.05, 0) is 32.1 Å². The van der Waals surface area contributed by atoms with Crippen LogP contribution in [-0.4, -0.2) is 16.6 Å². The third kappa shape index (κ3) is 5.00. The van der Waals surface area contributed by atoms with Crippen LogP contribution in [0.2, 0.25) is 0 Å². The van der Waals surface area contributed by atoms with Crippen LogP contribution in [0.3, 0.4) is 0 Å². The van der Waals surface area contributed by atoms with E-state index in [1.54, 1.807) is 18.7 Å². The lowest BCUT2D eigenvalue weighted by Crippen LogP contribution is -2.26. The molecule has 0 amide bonds. The molecular formula is C18H31N3O. The number of unbranched alkanes of at least 4 members (excludes halogenated alkanes) is 3. The van der Waals surface area contributed by atoms with Crippen LogP contribution in [0.5, 0.6) is 0 Å². The van der Waals surface area contributed by atoms with Gasteiger partial charge in [0.2, 0.25) is 5.95 Å². The van der Waals surface area contributed by atoms with Crippen molar-refractivity contribution in [3.8, 4) is 0 Å². The van der Waals surface area contributed by atoms with Gasteiger partial charge in [-0.1, -0.05) is 38.7 Å². The highest BCUT2D eigenvalue weighted by atomic mass is 16.1. The van der Waals surface area contributed by atoms with Gasteiger partial charge in [0.05, 0.1) is 0 Å². The number of nitrogens with one attached hydrogen (secondary N) is 1. The molecule has 0 aromatic carbocycles. The third-order valence-electron chi connectivity index (χ3n) is 4.34. The van der Waals surface area contributed by atoms with Crippen LogP contribution in [0.15, 0.2) is 17.4 Å². The number of rotatable bonds is 10. The van der Waals surface area contributed by atoms with Crippen molar-refractivity contribution in [3.63, 3.8) is 0 Å². The summed E-state index contributed by atoms with van der Waals surface area (Å²) in [6.07, 6.45) is 10.1. The summed E-state index contributed by atoms with van der Waals surface area (Å²) < 4.78 is 1.59. The molecule has 22 heavy (non-hydrogen) atoms. The van der Waals surface area contributed by atoms with Crippen LogP contribution in [0.25, 0.3) is 0 Å². The Bertz CT molecular complexity index is 534. The van der Waals surface area contributed by atoms with Crippen LogP contribution < -0.4 is 10.9 Å². The van der Waals surface area contributed by atoms with Crippen LogP contribution in [0, 0.1) is 12.8 Å². The fourth-order valence-corrected chi connectivity index (χ4v) is 2.81. The molecule has 4 heteroatoms. The number of hydrogen-bond acceptors (Lipinski definition) is 3. The van der Waals surface area contributed by atoms with Gasteiger partial charge in [0.15, 0.2) is 0 Å². The van der Waals surface area contributed by atoms with E-state index in [-0.39, 0.29) is 5.56 Å². The lowest BCUT2D eigenvalue weighted by atomic mass is 9.94. The molecule has 1 N–H and O–H groups in total. The van der Waals surface area contributed by atoms with Crippen LogP contribution >= 0.6 is 0 Å². The monoisotopic (exact) mass is 305 g/mol. The molecule has 0 aliphatic carbocycles. The van der Waals surface area contributed by atoms with Crippen molar-refractivity contribution >= 4 is 5.95 Å². The first-order valence-corrected chi connectivity index (χ1v) is 8.41. The molecule has 0 fully saturated rings. The first kappa shape index (κ1) is 18.5. The van der Waals surface area contributed by atoms with Crippen molar-refractivity contribution in [1.82, 2.24) is 9.55 Å². The smallest absolute Gasteiger partial charge is 0.258 e. The molecule has 1 rings (SSSR count). The van der Waals surface area contributed by atoms with E-state index in [1.165, 1.54) is 32.1 Å². The number of hydrogen-bond donors (Lipinski definition) is 1. The average molecular weight is 305 g/mol. The Labute approximate surface area is 134 Å². The fraction of sp³-hybridized carbons (Fsp3) is 0.667. The van der Waals surface area contributed by atoms with Gasteiger partial charge in [-0.2, -0.15) is 0 Å². The first-order chi connectivity index (χ1) is 10.5. The quantitative estimate of drug-likeness (QED) is 0.528. The number of allylic oxidation sites excluding steroid dienone is 1. The summed E-state index contributed by atoms with van der Waals surface area (Å²) in [5.41, 5.74) is 1.73. The molecule has 124 valence electrons. The van der Waals surface area contributed by atoms with Gasteiger partial charge in [-0.3, -0.25) is 9.36 Å². The Morgan fingerprint density at radius 3 is 2.64 bits per heavy atom. The van der Waals surface area contributed by atoms with Gasteiger partial charge < -0.3 is 5.32 Å². The Kier molecular flexibility index (Phi) is 7.92. The van der Waals surface area contributed by atoms with Crippen LogP contribution in [-0.2, 0) is 13.5 Å². The summed E-state index contributed by atoms with van der Waals surface area (Å²) in [4.78, 5) is 16.9. The number of nitrogens with zero attached hydrogens (tertiary/aromatic N) is 2. The van der Waals surface area contributed by atoms with Crippen LogP contribution in [0.4, 0.5) is 5.95 Å². The standard InChI is InChI=1S/C18H31N3O/c1-6-8-9-10-11-15(7-2)12-13-16-14(3)20-18(19-4)21(5)17(16)22/h7,15H,2,6,8-13H2,1,3-5H3,(H,19,20). The molecule has 1 atom stereocenters. The maximum atomic E-state index is 12.4. The minimum Gasteiger partial charge on any atom is -0.359 e. The summed E-state index contributed by atoms with van der Waals surface area (Å²) >= 11 is 0. The van der Waals surface area contributed by atoms with E-state index in [0.29, 0.717) is 11.9 Å². The minimum atomic E-state index is 0.0608. The second-order valence-electron chi connectivity index (χ2n) is 6.00. The predicted molar refractivity (Wildman–Crippen MR) is 94.5 cm³/mol. The van der Waals surface area contributed by atoms with E-state index in [2.05, 4.69) is 23.8 Å². The number of aryl methyl sites for hydroxylation is 1. The zero-order chi connectivity index (χ0) is 16.5. The molecule has 0 radical (unpaired) electrons. The molecule has 4 nitrogen and oxygen atoms in total. The van der Waals surface area contributed by atoms with E-state index in [9.17, 15) is 4.79 Å². The van der Waals surface area contributed by atoms with Gasteiger partial charge >= 0.3 is 0 Å². The highest BCUT2D eigenvalue weighted by Crippen LogP contribution is 2.18. The topological polar surface area (TPSA) is 46.9 Å². The average Bonchev–Trinajstić information content (AvgIpc) is 2.52. The lowest BCUT2D eigenvalue weighted by molar-refractivity contribution is 0.499. The molecule has 0 spiro atoms.